The molecule has 0 spiro atoms. The van der Waals surface area contributed by atoms with Crippen molar-refractivity contribution in [3.05, 3.63) is 42.2 Å². The Morgan fingerprint density at radius 3 is 2.69 bits per heavy atom. The van der Waals surface area contributed by atoms with Gasteiger partial charge in [-0.1, -0.05) is 17.4 Å². The molecule has 1 aromatic carbocycles. The number of carbonyl (C=O) groups is 1. The number of aromatic hydroxyl groups is 1. The standard InChI is InChI=1S/C18H14F3N5O2S/c19-18(20,21)15(28)26-17-25-13(9-4-5-9)14(29-17)12-6-7-22-16(24-12)23-10-2-1-3-11(27)8-10/h1-3,6-9,27H,4-5H2,(H,22,23,24)(H,25,26,28). The Morgan fingerprint density at radius 2 is 2.00 bits per heavy atom. The molecule has 0 aliphatic heterocycles. The van der Waals surface area contributed by atoms with Gasteiger partial charge < -0.3 is 10.4 Å². The third kappa shape index (κ3) is 4.45. The molecule has 29 heavy (non-hydrogen) atoms. The highest BCUT2D eigenvalue weighted by molar-refractivity contribution is 7.19. The molecule has 3 aromatic rings. The third-order valence-corrected chi connectivity index (χ3v) is 5.09. The number of aromatic nitrogens is 3. The monoisotopic (exact) mass is 421 g/mol. The number of nitrogens with zero attached hydrogens (tertiary/aromatic N) is 3. The lowest BCUT2D eigenvalue weighted by Gasteiger charge is -2.06. The van der Waals surface area contributed by atoms with E-state index in [4.69, 9.17) is 0 Å². The van der Waals surface area contributed by atoms with E-state index in [0.717, 1.165) is 24.2 Å². The molecule has 0 radical (unpaired) electrons. The zero-order valence-corrected chi connectivity index (χ0v) is 15.5. The molecule has 0 bridgehead atoms. The largest absolute Gasteiger partial charge is 0.508 e. The Labute approximate surface area is 166 Å². The van der Waals surface area contributed by atoms with Crippen LogP contribution in [0.3, 0.4) is 0 Å². The molecule has 0 atom stereocenters. The molecule has 3 N–H and O–H groups in total. The van der Waals surface area contributed by atoms with E-state index in [-0.39, 0.29) is 22.7 Å². The smallest absolute Gasteiger partial charge is 0.471 e. The van der Waals surface area contributed by atoms with Crippen LogP contribution in [0.5, 0.6) is 5.75 Å². The first-order chi connectivity index (χ1) is 13.8. The van der Waals surface area contributed by atoms with Crippen molar-refractivity contribution >= 4 is 34.0 Å². The number of rotatable bonds is 5. The van der Waals surface area contributed by atoms with Crippen LogP contribution in [0.1, 0.15) is 24.5 Å². The Bertz CT molecular complexity index is 1070. The third-order valence-electron chi connectivity index (χ3n) is 4.09. The zero-order chi connectivity index (χ0) is 20.6. The lowest BCUT2D eigenvalue weighted by molar-refractivity contribution is -0.167. The second-order valence-electron chi connectivity index (χ2n) is 6.40. The van der Waals surface area contributed by atoms with Gasteiger partial charge in [-0.15, -0.1) is 0 Å². The number of benzene rings is 1. The number of phenolic OH excluding ortho intramolecular Hbond substituents is 1. The van der Waals surface area contributed by atoms with E-state index in [9.17, 15) is 23.1 Å². The minimum atomic E-state index is -4.99. The summed E-state index contributed by atoms with van der Waals surface area (Å²) in [4.78, 5) is 24.6. The zero-order valence-electron chi connectivity index (χ0n) is 14.7. The predicted octanol–water partition coefficient (Wildman–Crippen LogP) is 4.43. The quantitative estimate of drug-likeness (QED) is 0.564. The number of thiazole rings is 1. The molecule has 11 heteroatoms. The van der Waals surface area contributed by atoms with Gasteiger partial charge in [0.1, 0.15) is 5.75 Å². The van der Waals surface area contributed by atoms with Crippen molar-refractivity contribution in [3.63, 3.8) is 0 Å². The van der Waals surface area contributed by atoms with Crippen LogP contribution in [0.2, 0.25) is 0 Å². The SMILES string of the molecule is O=C(Nc1nc(C2CC2)c(-c2ccnc(Nc3cccc(O)c3)n2)s1)C(F)(F)F. The van der Waals surface area contributed by atoms with Gasteiger partial charge >= 0.3 is 12.1 Å². The van der Waals surface area contributed by atoms with E-state index in [2.05, 4.69) is 20.3 Å². The maximum Gasteiger partial charge on any atom is 0.471 e. The van der Waals surface area contributed by atoms with Crippen LogP contribution >= 0.6 is 11.3 Å². The second kappa shape index (κ2) is 7.32. The summed E-state index contributed by atoms with van der Waals surface area (Å²) in [6, 6.07) is 8.04. The van der Waals surface area contributed by atoms with Crippen LogP contribution in [-0.2, 0) is 4.79 Å². The fraction of sp³-hybridized carbons (Fsp3) is 0.222. The summed E-state index contributed by atoms with van der Waals surface area (Å²) in [5.41, 5.74) is 1.68. The summed E-state index contributed by atoms with van der Waals surface area (Å²) in [5, 5.41) is 14.2. The number of hydrogen-bond donors (Lipinski definition) is 3. The van der Waals surface area contributed by atoms with E-state index in [0.29, 0.717) is 22.0 Å². The van der Waals surface area contributed by atoms with Gasteiger partial charge in [0, 0.05) is 23.9 Å². The molecule has 1 aliphatic rings. The Kier molecular flexibility index (Phi) is 4.82. The van der Waals surface area contributed by atoms with Crippen LogP contribution in [0, 0.1) is 0 Å². The molecule has 0 saturated heterocycles. The summed E-state index contributed by atoms with van der Waals surface area (Å²) >= 11 is 0.942. The van der Waals surface area contributed by atoms with E-state index in [1.165, 1.54) is 18.3 Å². The van der Waals surface area contributed by atoms with Crippen LogP contribution in [0.25, 0.3) is 10.6 Å². The first-order valence-electron chi connectivity index (χ1n) is 8.58. The molecule has 7 nitrogen and oxygen atoms in total. The lowest BCUT2D eigenvalue weighted by Crippen LogP contribution is -2.29. The first kappa shape index (κ1) is 19.1. The first-order valence-corrected chi connectivity index (χ1v) is 9.39. The number of anilines is 3. The highest BCUT2D eigenvalue weighted by Crippen LogP contribution is 2.47. The molecular formula is C18H14F3N5O2S. The van der Waals surface area contributed by atoms with Crippen LogP contribution in [0.15, 0.2) is 36.5 Å². The van der Waals surface area contributed by atoms with Crippen molar-refractivity contribution in [1.29, 1.82) is 0 Å². The Hall–Kier alpha value is -3.21. The van der Waals surface area contributed by atoms with Gasteiger partial charge in [-0.2, -0.15) is 13.2 Å². The van der Waals surface area contributed by atoms with Gasteiger partial charge in [-0.25, -0.2) is 15.0 Å². The number of amides is 1. The van der Waals surface area contributed by atoms with Gasteiger partial charge in [0.25, 0.3) is 0 Å². The van der Waals surface area contributed by atoms with Gasteiger partial charge in [-0.05, 0) is 31.0 Å². The number of nitrogens with one attached hydrogen (secondary N) is 2. The minimum absolute atomic E-state index is 0.0784. The number of alkyl halides is 3. The van der Waals surface area contributed by atoms with Gasteiger partial charge in [0.15, 0.2) is 5.13 Å². The number of phenols is 1. The van der Waals surface area contributed by atoms with Crippen molar-refractivity contribution in [1.82, 2.24) is 15.0 Å². The predicted molar refractivity (Wildman–Crippen MR) is 101 cm³/mol. The Morgan fingerprint density at radius 1 is 1.21 bits per heavy atom. The maximum absolute atomic E-state index is 12.5. The average Bonchev–Trinajstić information content (AvgIpc) is 3.41. The van der Waals surface area contributed by atoms with Gasteiger partial charge in [0.2, 0.25) is 5.95 Å². The summed E-state index contributed by atoms with van der Waals surface area (Å²) in [7, 11) is 0. The van der Waals surface area contributed by atoms with Crippen LogP contribution < -0.4 is 10.6 Å². The molecule has 1 saturated carbocycles. The van der Waals surface area contributed by atoms with Gasteiger partial charge in [0.05, 0.1) is 16.3 Å². The molecule has 2 aromatic heterocycles. The van der Waals surface area contributed by atoms with E-state index >= 15 is 0 Å². The highest BCUT2D eigenvalue weighted by Gasteiger charge is 2.40. The summed E-state index contributed by atoms with van der Waals surface area (Å²) < 4.78 is 37.6. The number of halogens is 3. The van der Waals surface area contributed by atoms with Crippen molar-refractivity contribution in [2.45, 2.75) is 24.9 Å². The minimum Gasteiger partial charge on any atom is -0.508 e. The van der Waals surface area contributed by atoms with Crippen LogP contribution in [-0.4, -0.2) is 32.1 Å². The Balaban J connectivity index is 1.63. The van der Waals surface area contributed by atoms with Crippen molar-refractivity contribution in [2.75, 3.05) is 10.6 Å². The van der Waals surface area contributed by atoms with Crippen molar-refractivity contribution in [3.8, 4) is 16.3 Å². The summed E-state index contributed by atoms with van der Waals surface area (Å²) in [6.07, 6.45) is -1.72. The molecule has 150 valence electrons. The molecular weight excluding hydrogens is 407 g/mol. The molecule has 1 aliphatic carbocycles. The summed E-state index contributed by atoms with van der Waals surface area (Å²) in [5.74, 6) is -1.59. The normalized spacial score (nSPS) is 13.9. The number of carbonyl (C=O) groups excluding carboxylic acids is 1. The van der Waals surface area contributed by atoms with E-state index in [1.807, 2.05) is 5.32 Å². The molecule has 4 rings (SSSR count). The molecule has 1 fully saturated rings. The summed E-state index contributed by atoms with van der Waals surface area (Å²) in [6.45, 7) is 0. The number of hydrogen-bond acceptors (Lipinski definition) is 7. The topological polar surface area (TPSA) is 100 Å². The second-order valence-corrected chi connectivity index (χ2v) is 7.40. The van der Waals surface area contributed by atoms with Crippen LogP contribution in [0.4, 0.5) is 29.9 Å². The maximum atomic E-state index is 12.5. The van der Waals surface area contributed by atoms with Gasteiger partial charge in [-0.3, -0.25) is 10.1 Å². The van der Waals surface area contributed by atoms with E-state index in [1.54, 1.807) is 18.2 Å². The molecule has 2 heterocycles. The molecule has 1 amide bonds. The average molecular weight is 421 g/mol. The molecule has 0 unspecified atom stereocenters. The van der Waals surface area contributed by atoms with Crippen molar-refractivity contribution in [2.24, 2.45) is 0 Å². The fourth-order valence-corrected chi connectivity index (χ4v) is 3.64. The van der Waals surface area contributed by atoms with E-state index < -0.39 is 12.1 Å². The fourth-order valence-electron chi connectivity index (χ4n) is 2.63. The highest BCUT2D eigenvalue weighted by atomic mass is 32.1. The van der Waals surface area contributed by atoms with Crippen molar-refractivity contribution < 1.29 is 23.1 Å². The lowest BCUT2D eigenvalue weighted by atomic mass is 10.2.